The quantitative estimate of drug-likeness (QED) is 0.827. The van der Waals surface area contributed by atoms with Gasteiger partial charge in [-0.2, -0.15) is 0 Å². The fraction of sp³-hybridized carbons (Fsp3) is 0.895. The number of hydrogen-bond donors (Lipinski definition) is 2. The van der Waals surface area contributed by atoms with Crippen molar-refractivity contribution in [1.82, 2.24) is 15.5 Å². The van der Waals surface area contributed by atoms with E-state index in [2.05, 4.69) is 10.6 Å². The molecule has 0 aromatic heterocycles. The lowest BCUT2D eigenvalue weighted by Gasteiger charge is -2.32. The summed E-state index contributed by atoms with van der Waals surface area (Å²) < 4.78 is 0. The molecule has 1 heterocycles. The predicted molar refractivity (Wildman–Crippen MR) is 94.5 cm³/mol. The van der Waals surface area contributed by atoms with Crippen molar-refractivity contribution in [3.8, 4) is 0 Å². The Morgan fingerprint density at radius 2 is 1.67 bits per heavy atom. The summed E-state index contributed by atoms with van der Waals surface area (Å²) in [7, 11) is 0. The van der Waals surface area contributed by atoms with Crippen LogP contribution in [0.2, 0.25) is 0 Å². The van der Waals surface area contributed by atoms with Crippen LogP contribution in [0.15, 0.2) is 0 Å². The fourth-order valence-electron chi connectivity index (χ4n) is 4.57. The highest BCUT2D eigenvalue weighted by Gasteiger charge is 2.30. The normalized spacial score (nSPS) is 29.2. The van der Waals surface area contributed by atoms with Crippen molar-refractivity contribution < 1.29 is 9.59 Å². The molecule has 3 fully saturated rings. The Morgan fingerprint density at radius 3 is 2.42 bits per heavy atom. The van der Waals surface area contributed by atoms with Crippen molar-refractivity contribution >= 4 is 11.8 Å². The number of rotatable bonds is 4. The molecular weight excluding hydrogens is 302 g/mol. The van der Waals surface area contributed by atoms with Crippen LogP contribution < -0.4 is 10.6 Å². The molecule has 0 bridgehead atoms. The summed E-state index contributed by atoms with van der Waals surface area (Å²) in [5.74, 6) is 1.36. The van der Waals surface area contributed by atoms with Crippen LogP contribution >= 0.6 is 0 Å². The van der Waals surface area contributed by atoms with E-state index in [1.807, 2.05) is 4.90 Å². The number of carbonyl (C=O) groups is 2. The molecule has 5 nitrogen and oxygen atoms in total. The number of nitrogens with one attached hydrogen (secondary N) is 2. The molecule has 1 aliphatic heterocycles. The second kappa shape index (κ2) is 8.84. The van der Waals surface area contributed by atoms with E-state index in [9.17, 15) is 9.59 Å². The van der Waals surface area contributed by atoms with Gasteiger partial charge in [0, 0.05) is 38.0 Å². The molecule has 2 saturated carbocycles. The van der Waals surface area contributed by atoms with Crippen molar-refractivity contribution in [1.29, 1.82) is 0 Å². The average Bonchev–Trinajstić information content (AvgIpc) is 2.94. The molecule has 0 radical (unpaired) electrons. The van der Waals surface area contributed by atoms with Crippen LogP contribution in [0.1, 0.15) is 64.2 Å². The lowest BCUT2D eigenvalue weighted by Crippen LogP contribution is -2.43. The number of hydrogen-bond acceptors (Lipinski definition) is 3. The Kier molecular flexibility index (Phi) is 6.52. The lowest BCUT2D eigenvalue weighted by atomic mass is 9.85. The van der Waals surface area contributed by atoms with Gasteiger partial charge in [-0.05, 0) is 57.4 Å². The van der Waals surface area contributed by atoms with E-state index < -0.39 is 0 Å². The minimum atomic E-state index is 0.172. The van der Waals surface area contributed by atoms with Gasteiger partial charge in [0.25, 0.3) is 0 Å². The summed E-state index contributed by atoms with van der Waals surface area (Å²) in [4.78, 5) is 26.9. The van der Waals surface area contributed by atoms with Gasteiger partial charge in [-0.15, -0.1) is 0 Å². The monoisotopic (exact) mass is 335 g/mol. The summed E-state index contributed by atoms with van der Waals surface area (Å²) in [6, 6.07) is 0.286. The first-order chi connectivity index (χ1) is 11.7. The molecule has 0 aromatic carbocycles. The SMILES string of the molecule is O=C(CC1CCCC1)NC1CCC(C(=O)N2CCCNCC2)CC1. The Bertz CT molecular complexity index is 418. The molecular formula is C19H33N3O2. The zero-order valence-electron chi connectivity index (χ0n) is 14.9. The Morgan fingerprint density at radius 1 is 0.917 bits per heavy atom. The fourth-order valence-corrected chi connectivity index (χ4v) is 4.57. The van der Waals surface area contributed by atoms with E-state index in [1.54, 1.807) is 0 Å². The van der Waals surface area contributed by atoms with Crippen LogP contribution in [0.4, 0.5) is 0 Å². The smallest absolute Gasteiger partial charge is 0.225 e. The van der Waals surface area contributed by atoms with Crippen molar-refractivity contribution in [2.75, 3.05) is 26.2 Å². The van der Waals surface area contributed by atoms with Gasteiger partial charge in [0.1, 0.15) is 0 Å². The minimum absolute atomic E-state index is 0.172. The first kappa shape index (κ1) is 17.7. The van der Waals surface area contributed by atoms with E-state index in [4.69, 9.17) is 0 Å². The maximum absolute atomic E-state index is 12.7. The third kappa shape index (κ3) is 4.95. The number of carbonyl (C=O) groups excluding carboxylic acids is 2. The van der Waals surface area contributed by atoms with E-state index >= 15 is 0 Å². The van der Waals surface area contributed by atoms with Gasteiger partial charge in [0.2, 0.25) is 11.8 Å². The first-order valence-corrected chi connectivity index (χ1v) is 10.0. The standard InChI is InChI=1S/C19H33N3O2/c23-18(14-15-4-1-2-5-15)21-17-8-6-16(7-9-17)19(24)22-12-3-10-20-11-13-22/h15-17,20H,1-14H2,(H,21,23). The third-order valence-electron chi connectivity index (χ3n) is 6.04. The third-order valence-corrected chi connectivity index (χ3v) is 6.04. The highest BCUT2D eigenvalue weighted by Crippen LogP contribution is 2.29. The number of nitrogens with zero attached hydrogens (tertiary/aromatic N) is 1. The van der Waals surface area contributed by atoms with Crippen LogP contribution in [-0.2, 0) is 9.59 Å². The molecule has 24 heavy (non-hydrogen) atoms. The molecule has 3 rings (SSSR count). The van der Waals surface area contributed by atoms with E-state index in [-0.39, 0.29) is 17.9 Å². The van der Waals surface area contributed by atoms with Crippen LogP contribution in [0.5, 0.6) is 0 Å². The summed E-state index contributed by atoms with van der Waals surface area (Å²) >= 11 is 0. The summed E-state index contributed by atoms with van der Waals surface area (Å²) in [6.07, 6.45) is 10.6. The van der Waals surface area contributed by atoms with Crippen molar-refractivity contribution in [3.05, 3.63) is 0 Å². The van der Waals surface area contributed by atoms with Crippen molar-refractivity contribution in [2.24, 2.45) is 11.8 Å². The van der Waals surface area contributed by atoms with Gasteiger partial charge < -0.3 is 15.5 Å². The second-order valence-corrected chi connectivity index (χ2v) is 7.90. The number of amides is 2. The van der Waals surface area contributed by atoms with Gasteiger partial charge >= 0.3 is 0 Å². The molecule has 0 atom stereocenters. The van der Waals surface area contributed by atoms with Crippen LogP contribution in [0.25, 0.3) is 0 Å². The summed E-state index contributed by atoms with van der Waals surface area (Å²) in [6.45, 7) is 3.67. The molecule has 2 aliphatic carbocycles. The molecule has 2 N–H and O–H groups in total. The first-order valence-electron chi connectivity index (χ1n) is 10.0. The largest absolute Gasteiger partial charge is 0.353 e. The maximum atomic E-state index is 12.7. The van der Waals surface area contributed by atoms with Crippen molar-refractivity contribution in [2.45, 2.75) is 70.3 Å². The molecule has 5 heteroatoms. The predicted octanol–water partition coefficient (Wildman–Crippen LogP) is 2.06. The average molecular weight is 335 g/mol. The highest BCUT2D eigenvalue weighted by molar-refractivity contribution is 5.79. The van der Waals surface area contributed by atoms with Gasteiger partial charge in [0.15, 0.2) is 0 Å². The molecule has 3 aliphatic rings. The molecule has 2 amide bonds. The summed E-state index contributed by atoms with van der Waals surface area (Å²) in [5.41, 5.74) is 0. The molecule has 0 spiro atoms. The van der Waals surface area contributed by atoms with Crippen LogP contribution in [-0.4, -0.2) is 48.9 Å². The summed E-state index contributed by atoms with van der Waals surface area (Å²) in [5, 5.41) is 6.57. The molecule has 0 unspecified atom stereocenters. The van der Waals surface area contributed by atoms with E-state index in [1.165, 1.54) is 25.7 Å². The Labute approximate surface area is 145 Å². The Balaban J connectivity index is 1.38. The topological polar surface area (TPSA) is 61.4 Å². The van der Waals surface area contributed by atoms with Gasteiger partial charge in [-0.3, -0.25) is 9.59 Å². The molecule has 136 valence electrons. The zero-order chi connectivity index (χ0) is 16.8. The highest BCUT2D eigenvalue weighted by atomic mass is 16.2. The van der Waals surface area contributed by atoms with Gasteiger partial charge in [-0.1, -0.05) is 12.8 Å². The Hall–Kier alpha value is -1.10. The van der Waals surface area contributed by atoms with Gasteiger partial charge in [-0.25, -0.2) is 0 Å². The van der Waals surface area contributed by atoms with E-state index in [0.717, 1.165) is 58.3 Å². The maximum Gasteiger partial charge on any atom is 0.225 e. The molecule has 0 aromatic rings. The van der Waals surface area contributed by atoms with Crippen LogP contribution in [0, 0.1) is 11.8 Å². The van der Waals surface area contributed by atoms with Crippen LogP contribution in [0.3, 0.4) is 0 Å². The minimum Gasteiger partial charge on any atom is -0.353 e. The molecule has 1 saturated heterocycles. The second-order valence-electron chi connectivity index (χ2n) is 7.90. The zero-order valence-corrected chi connectivity index (χ0v) is 14.9. The van der Waals surface area contributed by atoms with Gasteiger partial charge in [0.05, 0.1) is 0 Å². The lowest BCUT2D eigenvalue weighted by molar-refractivity contribution is -0.136. The van der Waals surface area contributed by atoms with Crippen molar-refractivity contribution in [3.63, 3.8) is 0 Å². The van der Waals surface area contributed by atoms with E-state index in [0.29, 0.717) is 18.2 Å².